The van der Waals surface area contributed by atoms with Gasteiger partial charge < -0.3 is 19.9 Å². The minimum atomic E-state index is -1.16. The molecule has 1 aromatic rings. The van der Waals surface area contributed by atoms with E-state index in [9.17, 15) is 19.5 Å². The minimum absolute atomic E-state index is 0.0401. The zero-order chi connectivity index (χ0) is 38.9. The quantitative estimate of drug-likeness (QED) is 0.217. The molecule has 4 saturated carbocycles. The number of halogens is 1. The first-order valence-electron chi connectivity index (χ1n) is 20.4. The van der Waals surface area contributed by atoms with Gasteiger partial charge in [0.05, 0.1) is 17.9 Å². The topological polar surface area (TPSA) is 102 Å². The number of rotatable bonds is 11. The molecule has 0 heterocycles. The maximum Gasteiger partial charge on any atom is 0.309 e. The Morgan fingerprint density at radius 2 is 1.62 bits per heavy atom. The van der Waals surface area contributed by atoms with Crippen LogP contribution in [0.4, 0.5) is 0 Å². The fraction of sp³-hybridized carbons (Fsp3) is 0.756. The summed E-state index contributed by atoms with van der Waals surface area (Å²) in [6, 6.07) is 7.97. The van der Waals surface area contributed by atoms with Crippen molar-refractivity contribution in [3.63, 3.8) is 0 Å². The van der Waals surface area contributed by atoms with Crippen LogP contribution in [-0.2, 0) is 30.4 Å². The summed E-state index contributed by atoms with van der Waals surface area (Å²) in [7, 11) is 1.83. The normalized spacial score (nSPS) is 37.0. The Labute approximate surface area is 323 Å². The van der Waals surface area contributed by atoms with Crippen LogP contribution in [0.5, 0.6) is 0 Å². The van der Waals surface area contributed by atoms with E-state index in [2.05, 4.69) is 65.9 Å². The Bertz CT molecular complexity index is 1630. The van der Waals surface area contributed by atoms with E-state index in [1.165, 1.54) is 11.1 Å². The highest BCUT2D eigenvalue weighted by molar-refractivity contribution is 6.30. The summed E-state index contributed by atoms with van der Waals surface area (Å²) in [5, 5.41) is 14.0. The average molecular weight is 752 g/mol. The molecule has 53 heavy (non-hydrogen) atoms. The molecule has 1 aromatic carbocycles. The van der Waals surface area contributed by atoms with E-state index in [4.69, 9.17) is 21.1 Å². The summed E-state index contributed by atoms with van der Waals surface area (Å²) < 4.78 is 12.6. The average Bonchev–Trinajstić information content (AvgIpc) is 3.38. The molecule has 8 heteroatoms. The van der Waals surface area contributed by atoms with Crippen LogP contribution in [0.3, 0.4) is 0 Å². The molecule has 4 fully saturated rings. The molecule has 294 valence electrons. The van der Waals surface area contributed by atoms with Gasteiger partial charge in [-0.2, -0.15) is 0 Å². The summed E-state index contributed by atoms with van der Waals surface area (Å²) in [5.74, 6) is 0.332. The van der Waals surface area contributed by atoms with E-state index in [-0.39, 0.29) is 51.6 Å². The van der Waals surface area contributed by atoms with E-state index < -0.39 is 17.4 Å². The SMILES string of the molecule is COC(CNCc1ccc(Cl)cc1)C12CC[C@]3(C)[C@H](CC[C@@H]4[C@@]5(C)CC[C@H](OC(=O)CC(C)(C)C(=O)O)C(C)(C)[C@@H]5CC[C@]43C)C1=C(C(C)C)C(=O)C2. The number of ether oxygens (including phenoxy) is 2. The van der Waals surface area contributed by atoms with Gasteiger partial charge in [-0.05, 0) is 128 Å². The summed E-state index contributed by atoms with van der Waals surface area (Å²) in [6.45, 7) is 21.3. The number of nitrogens with one attached hydrogen (secondary N) is 1. The number of methoxy groups -OCH3 is 1. The van der Waals surface area contributed by atoms with Crippen LogP contribution < -0.4 is 5.32 Å². The third-order valence-electron chi connectivity index (χ3n) is 16.3. The van der Waals surface area contributed by atoms with Gasteiger partial charge in [0, 0.05) is 42.5 Å². The second kappa shape index (κ2) is 14.1. The van der Waals surface area contributed by atoms with Crippen molar-refractivity contribution >= 4 is 29.3 Å². The van der Waals surface area contributed by atoms with E-state index in [0.717, 1.165) is 62.0 Å². The molecule has 2 N–H and O–H groups in total. The number of allylic oxidation sites excluding steroid dienone is 1. The number of aliphatic carboxylic acids is 1. The van der Waals surface area contributed by atoms with Gasteiger partial charge in [-0.15, -0.1) is 0 Å². The first-order chi connectivity index (χ1) is 24.7. The molecule has 2 unspecified atom stereocenters. The Morgan fingerprint density at radius 1 is 0.943 bits per heavy atom. The second-order valence-corrected chi connectivity index (χ2v) is 20.5. The number of fused-ring (bicyclic) bond motifs is 7. The summed E-state index contributed by atoms with van der Waals surface area (Å²) in [6.07, 6.45) is 8.30. The molecule has 0 amide bonds. The molecule has 0 aliphatic heterocycles. The number of carboxylic acids is 1. The molecule has 5 aliphatic rings. The lowest BCUT2D eigenvalue weighted by Crippen LogP contribution is -2.66. The zero-order valence-electron chi connectivity index (χ0n) is 34.1. The fourth-order valence-electron chi connectivity index (χ4n) is 13.4. The lowest BCUT2D eigenvalue weighted by molar-refractivity contribution is -0.235. The molecule has 0 aromatic heterocycles. The highest BCUT2D eigenvalue weighted by atomic mass is 35.5. The molecule has 0 bridgehead atoms. The number of hydrogen-bond acceptors (Lipinski definition) is 6. The van der Waals surface area contributed by atoms with Crippen LogP contribution >= 0.6 is 11.6 Å². The van der Waals surface area contributed by atoms with E-state index in [1.54, 1.807) is 13.8 Å². The third-order valence-corrected chi connectivity index (χ3v) is 16.6. The third kappa shape index (κ3) is 6.45. The number of hydrogen-bond donors (Lipinski definition) is 2. The van der Waals surface area contributed by atoms with Gasteiger partial charge in [0.2, 0.25) is 0 Å². The van der Waals surface area contributed by atoms with E-state index in [0.29, 0.717) is 43.0 Å². The lowest BCUT2D eigenvalue weighted by atomic mass is 9.33. The molecule has 9 atom stereocenters. The predicted octanol–water partition coefficient (Wildman–Crippen LogP) is 9.84. The zero-order valence-corrected chi connectivity index (χ0v) is 34.9. The van der Waals surface area contributed by atoms with Crippen molar-refractivity contribution < 1.29 is 29.0 Å². The van der Waals surface area contributed by atoms with Crippen molar-refractivity contribution in [3.8, 4) is 0 Å². The minimum Gasteiger partial charge on any atom is -0.481 e. The van der Waals surface area contributed by atoms with Crippen LogP contribution in [0.1, 0.15) is 132 Å². The van der Waals surface area contributed by atoms with Crippen LogP contribution in [-0.4, -0.2) is 48.7 Å². The monoisotopic (exact) mass is 751 g/mol. The molecule has 0 radical (unpaired) electrons. The largest absolute Gasteiger partial charge is 0.481 e. The van der Waals surface area contributed by atoms with Crippen LogP contribution in [0.25, 0.3) is 0 Å². The number of Topliss-reactive ketones (excluding diaryl/α,β-unsaturated/α-hetero) is 1. The summed E-state index contributed by atoms with van der Waals surface area (Å²) in [4.78, 5) is 39.1. The maximum absolute atomic E-state index is 14.2. The van der Waals surface area contributed by atoms with Crippen molar-refractivity contribution in [3.05, 3.63) is 46.0 Å². The maximum atomic E-state index is 14.2. The van der Waals surface area contributed by atoms with Gasteiger partial charge in [-0.1, -0.05) is 77.8 Å². The molecule has 7 nitrogen and oxygen atoms in total. The number of benzene rings is 1. The van der Waals surface area contributed by atoms with Crippen LogP contribution in [0.2, 0.25) is 5.02 Å². The summed E-state index contributed by atoms with van der Waals surface area (Å²) >= 11 is 6.15. The van der Waals surface area contributed by atoms with Crippen molar-refractivity contribution in [1.29, 1.82) is 0 Å². The van der Waals surface area contributed by atoms with Gasteiger partial charge in [0.25, 0.3) is 0 Å². The Hall–Kier alpha value is -2.22. The first kappa shape index (κ1) is 40.4. The van der Waals surface area contributed by atoms with E-state index >= 15 is 0 Å². The van der Waals surface area contributed by atoms with Gasteiger partial charge in [0.1, 0.15) is 6.10 Å². The highest BCUT2D eigenvalue weighted by Gasteiger charge is 2.71. The molecule has 0 saturated heterocycles. The van der Waals surface area contributed by atoms with Gasteiger partial charge in [-0.3, -0.25) is 14.4 Å². The fourth-order valence-corrected chi connectivity index (χ4v) is 13.5. The van der Waals surface area contributed by atoms with Gasteiger partial charge in [0.15, 0.2) is 5.78 Å². The van der Waals surface area contributed by atoms with Crippen molar-refractivity contribution in [2.45, 2.75) is 145 Å². The van der Waals surface area contributed by atoms with Gasteiger partial charge in [-0.25, -0.2) is 0 Å². The predicted molar refractivity (Wildman–Crippen MR) is 209 cm³/mol. The van der Waals surface area contributed by atoms with Crippen LogP contribution in [0, 0.1) is 56.2 Å². The Balaban J connectivity index is 1.27. The number of carboxylic acid groups (broad SMARTS) is 1. The van der Waals surface area contributed by atoms with Crippen LogP contribution in [0.15, 0.2) is 35.4 Å². The Morgan fingerprint density at radius 3 is 2.25 bits per heavy atom. The molecule has 5 aliphatic carbocycles. The van der Waals surface area contributed by atoms with Crippen molar-refractivity contribution in [2.24, 2.45) is 56.2 Å². The van der Waals surface area contributed by atoms with Crippen molar-refractivity contribution in [1.82, 2.24) is 5.32 Å². The number of carbonyl (C=O) groups is 3. The lowest BCUT2D eigenvalue weighted by Gasteiger charge is -2.72. The summed E-state index contributed by atoms with van der Waals surface area (Å²) in [5.41, 5.74) is 2.21. The molecule has 0 spiro atoms. The Kier molecular flexibility index (Phi) is 10.7. The molecular formula is C45H66ClNO6. The first-order valence-corrected chi connectivity index (χ1v) is 20.7. The van der Waals surface area contributed by atoms with Crippen molar-refractivity contribution in [2.75, 3.05) is 13.7 Å². The number of ketones is 1. The second-order valence-electron chi connectivity index (χ2n) is 20.0. The van der Waals surface area contributed by atoms with Gasteiger partial charge >= 0.3 is 11.9 Å². The highest BCUT2D eigenvalue weighted by Crippen LogP contribution is 2.77. The smallest absolute Gasteiger partial charge is 0.309 e. The standard InChI is InChI=1S/C45H66ClNO6/c1-27(2)37-31(48)23-45(35(52-10)26-47-25-28-11-13-29(46)14-12-28)22-21-43(8)30(38(37)45)15-16-33-42(7)19-18-34(53-36(49)24-40(3,4)39(50)51)41(5,6)32(42)17-20-44(33,43)9/h11-14,27,30,32-35,47H,15-26H2,1-10H3,(H,50,51)/t30-,32+,33-,34+,35?,42+,43-,44-,45?/m1/s1. The number of carbonyl (C=O) groups excluding carboxylic acids is 2. The van der Waals surface area contributed by atoms with E-state index in [1.807, 2.05) is 19.2 Å². The molecular weight excluding hydrogens is 686 g/mol. The molecule has 6 rings (SSSR count). The number of esters is 1.